The summed E-state index contributed by atoms with van der Waals surface area (Å²) in [5, 5.41) is 1.13. The van der Waals surface area contributed by atoms with Gasteiger partial charge < -0.3 is 5.73 Å². The van der Waals surface area contributed by atoms with E-state index in [-0.39, 0.29) is 0 Å². The van der Waals surface area contributed by atoms with Crippen molar-refractivity contribution in [1.29, 1.82) is 0 Å². The number of aromatic nitrogens is 1. The van der Waals surface area contributed by atoms with Crippen LogP contribution in [0.1, 0.15) is 40.3 Å². The maximum atomic E-state index is 5.69. The Morgan fingerprint density at radius 1 is 1.21 bits per heavy atom. The molecule has 19 heavy (non-hydrogen) atoms. The molecule has 0 aliphatic heterocycles. The fourth-order valence-corrected chi connectivity index (χ4v) is 3.29. The Kier molecular flexibility index (Phi) is 4.38. The van der Waals surface area contributed by atoms with Gasteiger partial charge in [0.2, 0.25) is 0 Å². The summed E-state index contributed by atoms with van der Waals surface area (Å²) in [6, 6.07) is 6.59. The van der Waals surface area contributed by atoms with E-state index in [0.717, 1.165) is 23.7 Å². The SMILES string of the molecule is Cc1nc(-c2ccc(C)c(C)c2)c(C(C)CCN)s1. The predicted octanol–water partition coefficient (Wildman–Crippen LogP) is 4.19. The van der Waals surface area contributed by atoms with E-state index in [1.54, 1.807) is 11.3 Å². The predicted molar refractivity (Wildman–Crippen MR) is 83.8 cm³/mol. The number of thiazole rings is 1. The third-order valence-electron chi connectivity index (χ3n) is 3.59. The van der Waals surface area contributed by atoms with Crippen LogP contribution in [0.4, 0.5) is 0 Å². The molecule has 0 radical (unpaired) electrons. The van der Waals surface area contributed by atoms with Gasteiger partial charge in [-0.1, -0.05) is 19.1 Å². The molecule has 0 saturated heterocycles. The Bertz CT molecular complexity index is 572. The number of benzene rings is 1. The zero-order valence-electron chi connectivity index (χ0n) is 12.2. The molecule has 1 unspecified atom stereocenters. The van der Waals surface area contributed by atoms with Crippen LogP contribution in [-0.4, -0.2) is 11.5 Å². The van der Waals surface area contributed by atoms with Gasteiger partial charge in [-0.3, -0.25) is 0 Å². The second-order valence-electron chi connectivity index (χ2n) is 5.22. The normalized spacial score (nSPS) is 12.7. The van der Waals surface area contributed by atoms with E-state index >= 15 is 0 Å². The molecular weight excluding hydrogens is 252 g/mol. The lowest BCUT2D eigenvalue weighted by molar-refractivity contribution is 0.701. The minimum atomic E-state index is 0.479. The molecule has 0 saturated carbocycles. The highest BCUT2D eigenvalue weighted by atomic mass is 32.1. The number of nitrogens with two attached hydrogens (primary N) is 1. The van der Waals surface area contributed by atoms with Gasteiger partial charge in [0.05, 0.1) is 10.7 Å². The quantitative estimate of drug-likeness (QED) is 0.908. The lowest BCUT2D eigenvalue weighted by Gasteiger charge is -2.11. The smallest absolute Gasteiger partial charge is 0.0904 e. The van der Waals surface area contributed by atoms with Gasteiger partial charge in [0.25, 0.3) is 0 Å². The van der Waals surface area contributed by atoms with E-state index < -0.39 is 0 Å². The second-order valence-corrected chi connectivity index (χ2v) is 6.46. The summed E-state index contributed by atoms with van der Waals surface area (Å²) in [7, 11) is 0. The first-order valence-corrected chi connectivity index (χ1v) is 7.59. The summed E-state index contributed by atoms with van der Waals surface area (Å²) >= 11 is 1.80. The number of nitrogens with zero attached hydrogens (tertiary/aromatic N) is 1. The van der Waals surface area contributed by atoms with Crippen LogP contribution in [-0.2, 0) is 0 Å². The van der Waals surface area contributed by atoms with Crippen LogP contribution in [0, 0.1) is 20.8 Å². The van der Waals surface area contributed by atoms with E-state index in [4.69, 9.17) is 10.7 Å². The maximum absolute atomic E-state index is 5.69. The molecule has 0 spiro atoms. The molecule has 0 aliphatic rings. The molecule has 1 aromatic heterocycles. The zero-order valence-corrected chi connectivity index (χ0v) is 13.0. The van der Waals surface area contributed by atoms with Crippen LogP contribution in [0.15, 0.2) is 18.2 Å². The molecule has 3 heteroatoms. The first kappa shape index (κ1) is 14.2. The van der Waals surface area contributed by atoms with E-state index in [2.05, 4.69) is 45.9 Å². The van der Waals surface area contributed by atoms with Gasteiger partial charge in [0.15, 0.2) is 0 Å². The van der Waals surface area contributed by atoms with Crippen molar-refractivity contribution in [1.82, 2.24) is 4.98 Å². The molecule has 2 aromatic rings. The minimum absolute atomic E-state index is 0.479. The van der Waals surface area contributed by atoms with Gasteiger partial charge in [-0.2, -0.15) is 0 Å². The Balaban J connectivity index is 2.46. The standard InChI is InChI=1S/C16H22N2S/c1-10-5-6-14(9-12(10)3)15-16(11(2)7-8-17)19-13(4)18-15/h5-6,9,11H,7-8,17H2,1-4H3. The number of hydrogen-bond acceptors (Lipinski definition) is 3. The maximum Gasteiger partial charge on any atom is 0.0904 e. The van der Waals surface area contributed by atoms with Crippen LogP contribution in [0.3, 0.4) is 0 Å². The summed E-state index contributed by atoms with van der Waals surface area (Å²) in [6.45, 7) is 9.34. The Morgan fingerprint density at radius 2 is 1.95 bits per heavy atom. The third kappa shape index (κ3) is 3.04. The van der Waals surface area contributed by atoms with Gasteiger partial charge in [-0.25, -0.2) is 4.98 Å². The molecule has 1 atom stereocenters. The highest BCUT2D eigenvalue weighted by molar-refractivity contribution is 7.12. The molecule has 1 heterocycles. The Labute approximate surface area is 119 Å². The lowest BCUT2D eigenvalue weighted by Crippen LogP contribution is -2.04. The van der Waals surface area contributed by atoms with Crippen molar-refractivity contribution in [2.45, 2.75) is 40.0 Å². The van der Waals surface area contributed by atoms with E-state index in [1.807, 2.05) is 0 Å². The molecule has 0 amide bonds. The van der Waals surface area contributed by atoms with Crippen LogP contribution in [0.25, 0.3) is 11.3 Å². The first-order valence-electron chi connectivity index (χ1n) is 6.78. The summed E-state index contributed by atoms with van der Waals surface area (Å²) in [5.74, 6) is 0.479. The van der Waals surface area contributed by atoms with Crippen molar-refractivity contribution in [2.24, 2.45) is 5.73 Å². The number of hydrogen-bond donors (Lipinski definition) is 1. The van der Waals surface area contributed by atoms with Gasteiger partial charge in [0, 0.05) is 10.4 Å². The summed E-state index contributed by atoms with van der Waals surface area (Å²) in [6.07, 6.45) is 1.01. The lowest BCUT2D eigenvalue weighted by atomic mass is 9.99. The summed E-state index contributed by atoms with van der Waals surface area (Å²) in [4.78, 5) is 6.10. The van der Waals surface area contributed by atoms with Crippen molar-refractivity contribution in [3.05, 3.63) is 39.2 Å². The molecule has 2 nitrogen and oxygen atoms in total. The minimum Gasteiger partial charge on any atom is -0.330 e. The van der Waals surface area contributed by atoms with E-state index in [1.165, 1.54) is 21.6 Å². The van der Waals surface area contributed by atoms with Gasteiger partial charge >= 0.3 is 0 Å². The molecule has 0 bridgehead atoms. The first-order chi connectivity index (χ1) is 9.02. The fourth-order valence-electron chi connectivity index (χ4n) is 2.25. The molecule has 0 aliphatic carbocycles. The van der Waals surface area contributed by atoms with Crippen molar-refractivity contribution >= 4 is 11.3 Å². The van der Waals surface area contributed by atoms with Crippen molar-refractivity contribution in [3.8, 4) is 11.3 Å². The van der Waals surface area contributed by atoms with Gasteiger partial charge in [0.1, 0.15) is 0 Å². The third-order valence-corrected chi connectivity index (χ3v) is 4.79. The van der Waals surface area contributed by atoms with E-state index in [9.17, 15) is 0 Å². The largest absolute Gasteiger partial charge is 0.330 e. The molecular formula is C16H22N2S. The number of rotatable bonds is 4. The summed E-state index contributed by atoms with van der Waals surface area (Å²) < 4.78 is 0. The van der Waals surface area contributed by atoms with Crippen LogP contribution < -0.4 is 5.73 Å². The van der Waals surface area contributed by atoms with Crippen molar-refractivity contribution in [3.63, 3.8) is 0 Å². The monoisotopic (exact) mass is 274 g/mol. The highest BCUT2D eigenvalue weighted by Crippen LogP contribution is 2.35. The van der Waals surface area contributed by atoms with Gasteiger partial charge in [-0.15, -0.1) is 11.3 Å². The molecule has 102 valence electrons. The zero-order chi connectivity index (χ0) is 14.0. The van der Waals surface area contributed by atoms with Crippen LogP contribution >= 0.6 is 11.3 Å². The second kappa shape index (κ2) is 5.85. The topological polar surface area (TPSA) is 38.9 Å². The molecule has 0 fully saturated rings. The van der Waals surface area contributed by atoms with E-state index in [0.29, 0.717) is 5.92 Å². The summed E-state index contributed by atoms with van der Waals surface area (Å²) in [5.41, 5.74) is 10.7. The highest BCUT2D eigenvalue weighted by Gasteiger charge is 2.16. The van der Waals surface area contributed by atoms with Crippen LogP contribution in [0.5, 0.6) is 0 Å². The average Bonchev–Trinajstić information content (AvgIpc) is 2.75. The van der Waals surface area contributed by atoms with Crippen LogP contribution in [0.2, 0.25) is 0 Å². The molecule has 2 N–H and O–H groups in total. The van der Waals surface area contributed by atoms with Crippen molar-refractivity contribution < 1.29 is 0 Å². The number of aryl methyl sites for hydroxylation is 3. The molecule has 1 aromatic carbocycles. The molecule has 2 rings (SSSR count). The fraction of sp³-hybridized carbons (Fsp3) is 0.438. The Hall–Kier alpha value is -1.19. The average molecular weight is 274 g/mol. The van der Waals surface area contributed by atoms with Gasteiger partial charge in [-0.05, 0) is 56.8 Å². The van der Waals surface area contributed by atoms with Crippen molar-refractivity contribution in [2.75, 3.05) is 6.54 Å². The Morgan fingerprint density at radius 3 is 2.58 bits per heavy atom.